The van der Waals surface area contributed by atoms with Gasteiger partial charge in [-0.1, -0.05) is 191 Å². The number of benzene rings is 6. The van der Waals surface area contributed by atoms with Crippen molar-refractivity contribution in [1.82, 2.24) is 26.6 Å². The van der Waals surface area contributed by atoms with Crippen LogP contribution >= 0.6 is 0 Å². The van der Waals surface area contributed by atoms with Crippen molar-refractivity contribution in [1.29, 1.82) is 0 Å². The van der Waals surface area contributed by atoms with Crippen LogP contribution in [0.15, 0.2) is 170 Å². The van der Waals surface area contributed by atoms with E-state index in [1.807, 2.05) is 146 Å². The lowest BCUT2D eigenvalue weighted by Gasteiger charge is -2.43. The van der Waals surface area contributed by atoms with Gasteiger partial charge in [-0.2, -0.15) is 0 Å². The summed E-state index contributed by atoms with van der Waals surface area (Å²) >= 11 is 0. The highest BCUT2D eigenvalue weighted by Crippen LogP contribution is 2.44. The maximum atomic E-state index is 13.8. The fraction of sp³-hybridized carbons (Fsp3) is 0.263. The van der Waals surface area contributed by atoms with Gasteiger partial charge in [-0.25, -0.2) is 9.59 Å². The molecule has 7 rings (SSSR count). The molecule has 5 amide bonds. The maximum Gasteiger partial charge on any atom is 0.407 e. The molecule has 0 heterocycles. The van der Waals surface area contributed by atoms with E-state index in [9.17, 15) is 28.8 Å². The Morgan fingerprint density at radius 2 is 1.04 bits per heavy atom. The first-order chi connectivity index (χ1) is 35.3. The van der Waals surface area contributed by atoms with Gasteiger partial charge in [0.2, 0.25) is 23.6 Å². The van der Waals surface area contributed by atoms with E-state index in [-0.39, 0.29) is 32.2 Å². The number of hydrogen-bond donors (Lipinski definition) is 5. The SMILES string of the molecule is CC(C)(C)[Si](OC[C@@H](OCNC(=O)CNC(=O)[C@H](Cc1ccccc1)NC(=O)CNC(=O)CNC(=O)OCC1c2ccccc2-c2ccccc21)C(=O)OCc1ccccc1)(c1ccccc1)c1ccccc1. The van der Waals surface area contributed by atoms with Crippen molar-refractivity contribution in [2.75, 3.05) is 39.6 Å². The highest BCUT2D eigenvalue weighted by Gasteiger charge is 2.51. The van der Waals surface area contributed by atoms with Gasteiger partial charge in [0.25, 0.3) is 8.32 Å². The highest BCUT2D eigenvalue weighted by atomic mass is 28.4. The van der Waals surface area contributed by atoms with Crippen molar-refractivity contribution < 1.29 is 47.4 Å². The molecule has 15 nitrogen and oxygen atoms in total. The van der Waals surface area contributed by atoms with E-state index in [0.717, 1.165) is 43.8 Å². The second-order valence-electron chi connectivity index (χ2n) is 18.5. The van der Waals surface area contributed by atoms with E-state index in [4.69, 9.17) is 18.6 Å². The lowest BCUT2D eigenvalue weighted by Crippen LogP contribution is -2.67. The molecule has 0 aliphatic heterocycles. The largest absolute Gasteiger partial charge is 0.459 e. The third kappa shape index (κ3) is 14.2. The summed E-state index contributed by atoms with van der Waals surface area (Å²) in [5, 5.41) is 14.3. The van der Waals surface area contributed by atoms with Gasteiger partial charge in [-0.3, -0.25) is 19.2 Å². The highest BCUT2D eigenvalue weighted by molar-refractivity contribution is 6.99. The molecule has 0 unspecified atom stereocenters. The van der Waals surface area contributed by atoms with E-state index in [2.05, 4.69) is 47.4 Å². The van der Waals surface area contributed by atoms with Crippen LogP contribution in [0.2, 0.25) is 5.04 Å². The number of alkyl carbamates (subject to hydrolysis) is 1. The summed E-state index contributed by atoms with van der Waals surface area (Å²) in [5.74, 6) is -3.50. The molecule has 0 spiro atoms. The van der Waals surface area contributed by atoms with Gasteiger partial charge in [0.05, 0.1) is 19.7 Å². The number of carbonyl (C=O) groups is 6. The van der Waals surface area contributed by atoms with E-state index in [1.165, 1.54) is 0 Å². The average molecular weight is 1000 g/mol. The Kier molecular flexibility index (Phi) is 18.4. The number of carbonyl (C=O) groups excluding carboxylic acids is 6. The van der Waals surface area contributed by atoms with Crippen molar-refractivity contribution in [2.24, 2.45) is 0 Å². The molecule has 16 heteroatoms. The lowest BCUT2D eigenvalue weighted by molar-refractivity contribution is -0.162. The Morgan fingerprint density at radius 1 is 0.548 bits per heavy atom. The standard InChI is InChI=1S/C57H61N5O10Si/c1-57(2,3)73(42-24-12-6-13-25-42,43-26-14-7-15-27-43)72-38-50(55(67)69-36-41-22-10-5-11-23-41)71-39-61-52(64)33-59-54(66)49(32-40-20-8-4-9-21-40)62-53(65)35-58-51(63)34-60-56(68)70-37-48-46-30-18-16-28-44(46)45-29-17-19-31-47(45)48/h4-31,48-50H,32-39H2,1-3H3,(H,58,63)(H,59,66)(H,60,68)(H,61,64)(H,62,65)/t49-,50+/m0/s1. The Bertz CT molecular complexity index is 2730. The third-order valence-electron chi connectivity index (χ3n) is 12.4. The smallest absolute Gasteiger partial charge is 0.407 e. The van der Waals surface area contributed by atoms with Crippen LogP contribution in [0.4, 0.5) is 4.79 Å². The topological polar surface area (TPSA) is 199 Å². The molecule has 1 aliphatic rings. The van der Waals surface area contributed by atoms with Crippen molar-refractivity contribution in [3.8, 4) is 11.1 Å². The Hall–Kier alpha value is -7.92. The van der Waals surface area contributed by atoms with Crippen molar-refractivity contribution >= 4 is 54.4 Å². The fourth-order valence-electron chi connectivity index (χ4n) is 8.89. The lowest BCUT2D eigenvalue weighted by atomic mass is 9.98. The van der Waals surface area contributed by atoms with Crippen LogP contribution in [0.1, 0.15) is 48.9 Å². The first kappa shape index (κ1) is 52.9. The van der Waals surface area contributed by atoms with E-state index in [1.54, 1.807) is 24.3 Å². The third-order valence-corrected chi connectivity index (χ3v) is 17.5. The summed E-state index contributed by atoms with van der Waals surface area (Å²) in [6, 6.07) is 52.7. The number of amides is 5. The quantitative estimate of drug-likeness (QED) is 0.0321. The van der Waals surface area contributed by atoms with Crippen molar-refractivity contribution in [3.05, 3.63) is 192 Å². The molecule has 0 bridgehead atoms. The van der Waals surface area contributed by atoms with E-state index >= 15 is 0 Å². The first-order valence-corrected chi connectivity index (χ1v) is 26.0. The van der Waals surface area contributed by atoms with E-state index in [0.29, 0.717) is 0 Å². The van der Waals surface area contributed by atoms with Gasteiger partial charge >= 0.3 is 12.1 Å². The molecule has 1 aliphatic carbocycles. The number of hydrogen-bond acceptors (Lipinski definition) is 10. The molecule has 378 valence electrons. The molecule has 0 saturated carbocycles. The minimum absolute atomic E-state index is 0.00887. The van der Waals surface area contributed by atoms with Crippen LogP contribution in [0.25, 0.3) is 11.1 Å². The second-order valence-corrected chi connectivity index (χ2v) is 22.8. The zero-order valence-corrected chi connectivity index (χ0v) is 42.1. The van der Waals surface area contributed by atoms with E-state index < -0.39 is 87.6 Å². The molecule has 6 aromatic rings. The maximum absolute atomic E-state index is 13.8. The van der Waals surface area contributed by atoms with Gasteiger partial charge < -0.3 is 45.2 Å². The van der Waals surface area contributed by atoms with Gasteiger partial charge in [-0.05, 0) is 48.8 Å². The van der Waals surface area contributed by atoms with Crippen LogP contribution in [-0.4, -0.2) is 95.7 Å². The number of ether oxygens (including phenoxy) is 3. The van der Waals surface area contributed by atoms with Gasteiger partial charge in [-0.15, -0.1) is 0 Å². The zero-order valence-electron chi connectivity index (χ0n) is 41.1. The summed E-state index contributed by atoms with van der Waals surface area (Å²) < 4.78 is 24.2. The van der Waals surface area contributed by atoms with Crippen molar-refractivity contribution in [2.45, 2.75) is 56.9 Å². The molecule has 5 N–H and O–H groups in total. The molecule has 6 aromatic carbocycles. The number of esters is 1. The molecule has 0 saturated heterocycles. The molecule has 73 heavy (non-hydrogen) atoms. The van der Waals surface area contributed by atoms with Gasteiger partial charge in [0.15, 0.2) is 6.10 Å². The summed E-state index contributed by atoms with van der Waals surface area (Å²) in [5.41, 5.74) is 5.76. The predicted molar refractivity (Wildman–Crippen MR) is 279 cm³/mol. The minimum atomic E-state index is -3.12. The molecule has 0 radical (unpaired) electrons. The minimum Gasteiger partial charge on any atom is -0.459 e. The molecule has 2 atom stereocenters. The Morgan fingerprint density at radius 3 is 1.62 bits per heavy atom. The monoisotopic (exact) mass is 1000 g/mol. The fourth-order valence-corrected chi connectivity index (χ4v) is 13.4. The van der Waals surface area contributed by atoms with Crippen LogP contribution in [0.5, 0.6) is 0 Å². The van der Waals surface area contributed by atoms with Gasteiger partial charge in [0, 0.05) is 12.3 Å². The summed E-state index contributed by atoms with van der Waals surface area (Å²) in [6.45, 7) is 4.32. The molecular formula is C57H61N5O10Si. The second kappa shape index (κ2) is 25.5. The normalized spacial score (nSPS) is 12.8. The van der Waals surface area contributed by atoms with Crippen LogP contribution in [0, 0.1) is 0 Å². The Balaban J connectivity index is 0.909. The first-order valence-electron chi connectivity index (χ1n) is 24.1. The summed E-state index contributed by atoms with van der Waals surface area (Å²) in [6.07, 6.45) is -1.98. The van der Waals surface area contributed by atoms with Crippen LogP contribution in [0.3, 0.4) is 0 Å². The molecule has 0 aromatic heterocycles. The van der Waals surface area contributed by atoms with Crippen LogP contribution < -0.4 is 37.0 Å². The Labute approximate surface area is 426 Å². The molecule has 0 fully saturated rings. The van der Waals surface area contributed by atoms with Crippen LogP contribution in [-0.2, 0) is 55.6 Å². The van der Waals surface area contributed by atoms with Crippen molar-refractivity contribution in [3.63, 3.8) is 0 Å². The average Bonchev–Trinajstić information content (AvgIpc) is 3.73. The number of rotatable bonds is 23. The predicted octanol–water partition coefficient (Wildman–Crippen LogP) is 5.26. The number of fused-ring (bicyclic) bond motifs is 3. The summed E-state index contributed by atoms with van der Waals surface area (Å²) in [7, 11) is -3.12. The number of nitrogens with one attached hydrogen (secondary N) is 5. The zero-order chi connectivity index (χ0) is 51.6. The van der Waals surface area contributed by atoms with Gasteiger partial charge in [0.1, 0.15) is 32.5 Å². The summed E-state index contributed by atoms with van der Waals surface area (Å²) in [4.78, 5) is 79.0. The molecular weight excluding hydrogens is 943 g/mol.